The molecule has 202 valence electrons. The van der Waals surface area contributed by atoms with Gasteiger partial charge in [-0.2, -0.15) is 13.2 Å². The van der Waals surface area contributed by atoms with Gasteiger partial charge in [-0.05, 0) is 52.6 Å². The molecule has 1 saturated heterocycles. The Labute approximate surface area is 221 Å². The predicted molar refractivity (Wildman–Crippen MR) is 135 cm³/mol. The number of nitrogens with zero attached hydrogens (tertiary/aromatic N) is 3. The van der Waals surface area contributed by atoms with Gasteiger partial charge < -0.3 is 19.6 Å². The number of halogens is 3. The van der Waals surface area contributed by atoms with E-state index in [-0.39, 0.29) is 26.2 Å². The highest BCUT2D eigenvalue weighted by molar-refractivity contribution is 5.94. The first kappa shape index (κ1) is 27.4. The molecule has 0 bridgehead atoms. The number of amides is 2. The molecule has 1 N–H and O–H groups in total. The van der Waals surface area contributed by atoms with Crippen molar-refractivity contribution in [3.8, 4) is 11.1 Å². The molecular weight excluding hydrogens is 515 g/mol. The van der Waals surface area contributed by atoms with Crippen molar-refractivity contribution in [2.75, 3.05) is 19.7 Å². The van der Waals surface area contributed by atoms with Gasteiger partial charge >= 0.3 is 18.2 Å². The number of rotatable bonds is 9. The van der Waals surface area contributed by atoms with Gasteiger partial charge in [0.15, 0.2) is 0 Å². The van der Waals surface area contributed by atoms with Crippen LogP contribution in [0.1, 0.15) is 16.7 Å². The number of aliphatic carboxylic acids is 1. The minimum Gasteiger partial charge on any atom is -0.480 e. The molecule has 8 nitrogen and oxygen atoms in total. The molecule has 1 aliphatic heterocycles. The zero-order chi connectivity index (χ0) is 28.0. The molecule has 0 aliphatic carbocycles. The van der Waals surface area contributed by atoms with Gasteiger partial charge in [0.1, 0.15) is 12.6 Å². The van der Waals surface area contributed by atoms with E-state index < -0.39 is 35.8 Å². The van der Waals surface area contributed by atoms with E-state index in [2.05, 4.69) is 4.98 Å². The summed E-state index contributed by atoms with van der Waals surface area (Å²) >= 11 is 0. The first-order valence-electron chi connectivity index (χ1n) is 11.9. The van der Waals surface area contributed by atoms with Crippen molar-refractivity contribution in [2.45, 2.75) is 18.8 Å². The first-order valence-corrected chi connectivity index (χ1v) is 11.9. The number of alkyl halides is 3. The van der Waals surface area contributed by atoms with Gasteiger partial charge in [-0.1, -0.05) is 36.4 Å². The molecule has 3 aromatic rings. The van der Waals surface area contributed by atoms with Gasteiger partial charge in [-0.3, -0.25) is 9.78 Å². The van der Waals surface area contributed by atoms with Crippen molar-refractivity contribution >= 4 is 24.0 Å². The van der Waals surface area contributed by atoms with Gasteiger partial charge in [-0.25, -0.2) is 9.59 Å². The molecule has 2 aromatic carbocycles. The van der Waals surface area contributed by atoms with Crippen molar-refractivity contribution in [3.63, 3.8) is 0 Å². The SMILES string of the molecule is O=C(O)C(CN1CCOC1=O)N(Cc1ccc(-c2ccncc2)cc1)C(=O)/C=C/c1ccc(C(F)(F)F)cc1. The maximum atomic E-state index is 13.3. The first-order chi connectivity index (χ1) is 18.6. The van der Waals surface area contributed by atoms with Gasteiger partial charge in [0.2, 0.25) is 5.91 Å². The molecule has 1 aromatic heterocycles. The standard InChI is InChI=1S/C28H24F3N3O5/c29-28(30,31)23-8-3-19(4-9-23)5-10-25(35)34(24(26(36)37)18-33-15-16-39-27(33)38)17-20-1-6-21(7-2-20)22-11-13-32-14-12-22/h1-14,24H,15-18H2,(H,36,37)/b10-5+. The molecule has 0 radical (unpaired) electrons. The van der Waals surface area contributed by atoms with Crippen molar-refractivity contribution in [1.82, 2.24) is 14.8 Å². The van der Waals surface area contributed by atoms with Gasteiger partial charge in [0, 0.05) is 25.0 Å². The average molecular weight is 540 g/mol. The lowest BCUT2D eigenvalue weighted by Gasteiger charge is -2.30. The molecule has 4 rings (SSSR count). The number of carbonyl (C=O) groups excluding carboxylic acids is 2. The smallest absolute Gasteiger partial charge is 0.416 e. The zero-order valence-corrected chi connectivity index (χ0v) is 20.5. The van der Waals surface area contributed by atoms with Crippen molar-refractivity contribution in [1.29, 1.82) is 0 Å². The second kappa shape index (κ2) is 11.8. The summed E-state index contributed by atoms with van der Waals surface area (Å²) in [6, 6.07) is 13.7. The Bertz CT molecular complexity index is 1340. The van der Waals surface area contributed by atoms with Crippen LogP contribution in [0.3, 0.4) is 0 Å². The van der Waals surface area contributed by atoms with Crippen LogP contribution in [0.15, 0.2) is 79.1 Å². The number of hydrogen-bond acceptors (Lipinski definition) is 5. The highest BCUT2D eigenvalue weighted by Gasteiger charge is 2.34. The van der Waals surface area contributed by atoms with Crippen LogP contribution in [0.4, 0.5) is 18.0 Å². The van der Waals surface area contributed by atoms with Crippen LogP contribution < -0.4 is 0 Å². The normalized spacial score (nSPS) is 14.3. The molecule has 1 aliphatic rings. The summed E-state index contributed by atoms with van der Waals surface area (Å²) in [5.41, 5.74) is 1.97. The Hall–Kier alpha value is -4.67. The molecule has 1 unspecified atom stereocenters. The lowest BCUT2D eigenvalue weighted by Crippen LogP contribution is -2.50. The number of benzene rings is 2. The van der Waals surface area contributed by atoms with E-state index in [0.717, 1.165) is 34.2 Å². The topological polar surface area (TPSA) is 100 Å². The van der Waals surface area contributed by atoms with Crippen LogP contribution in [0.25, 0.3) is 17.2 Å². The minimum absolute atomic E-state index is 0.0906. The Balaban J connectivity index is 1.58. The second-order valence-corrected chi connectivity index (χ2v) is 8.77. The quantitative estimate of drug-likeness (QED) is 0.395. The fourth-order valence-corrected chi connectivity index (χ4v) is 4.04. The fourth-order valence-electron chi connectivity index (χ4n) is 4.04. The van der Waals surface area contributed by atoms with Gasteiger partial charge in [-0.15, -0.1) is 0 Å². The van der Waals surface area contributed by atoms with E-state index in [0.29, 0.717) is 11.1 Å². The molecule has 0 saturated carbocycles. The number of aromatic nitrogens is 1. The number of carbonyl (C=O) groups is 3. The van der Waals surface area contributed by atoms with Crippen LogP contribution in [-0.2, 0) is 27.0 Å². The number of carboxylic acid groups (broad SMARTS) is 1. The Kier molecular flexibility index (Phi) is 8.28. The maximum absolute atomic E-state index is 13.3. The highest BCUT2D eigenvalue weighted by Crippen LogP contribution is 2.29. The third kappa shape index (κ3) is 7.01. The Morgan fingerprint density at radius 2 is 1.67 bits per heavy atom. The number of ether oxygens (including phenoxy) is 1. The zero-order valence-electron chi connectivity index (χ0n) is 20.5. The highest BCUT2D eigenvalue weighted by atomic mass is 19.4. The Morgan fingerprint density at radius 1 is 1.03 bits per heavy atom. The minimum atomic E-state index is -4.49. The number of carboxylic acids is 1. The van der Waals surface area contributed by atoms with Crippen molar-refractivity contribution in [2.24, 2.45) is 0 Å². The summed E-state index contributed by atoms with van der Waals surface area (Å²) in [6.45, 7) is -0.0775. The van der Waals surface area contributed by atoms with E-state index in [1.807, 2.05) is 24.3 Å². The number of hydrogen-bond donors (Lipinski definition) is 1. The molecule has 1 fully saturated rings. The summed E-state index contributed by atoms with van der Waals surface area (Å²) in [4.78, 5) is 43.8. The molecule has 11 heteroatoms. The van der Waals surface area contributed by atoms with Gasteiger partial charge in [0.25, 0.3) is 0 Å². The fraction of sp³-hybridized carbons (Fsp3) is 0.214. The second-order valence-electron chi connectivity index (χ2n) is 8.77. The van der Waals surface area contributed by atoms with E-state index in [1.54, 1.807) is 24.5 Å². The van der Waals surface area contributed by atoms with Crippen molar-refractivity contribution in [3.05, 3.63) is 95.8 Å². The van der Waals surface area contributed by atoms with Gasteiger partial charge in [0.05, 0.1) is 18.7 Å². The summed E-state index contributed by atoms with van der Waals surface area (Å²) in [7, 11) is 0. The van der Waals surface area contributed by atoms with Crippen LogP contribution in [0.5, 0.6) is 0 Å². The van der Waals surface area contributed by atoms with E-state index in [4.69, 9.17) is 4.74 Å². The molecule has 39 heavy (non-hydrogen) atoms. The number of pyridine rings is 1. The third-order valence-electron chi connectivity index (χ3n) is 6.16. The molecule has 2 heterocycles. The third-order valence-corrected chi connectivity index (χ3v) is 6.16. The van der Waals surface area contributed by atoms with Crippen molar-refractivity contribution < 1.29 is 37.4 Å². The van der Waals surface area contributed by atoms with E-state index >= 15 is 0 Å². The lowest BCUT2D eigenvalue weighted by atomic mass is 10.0. The summed E-state index contributed by atoms with van der Waals surface area (Å²) in [6.07, 6.45) is 0.571. The number of cyclic esters (lactones) is 1. The average Bonchev–Trinajstić information content (AvgIpc) is 3.33. The largest absolute Gasteiger partial charge is 0.480 e. The summed E-state index contributed by atoms with van der Waals surface area (Å²) in [5.74, 6) is -2.01. The summed E-state index contributed by atoms with van der Waals surface area (Å²) < 4.78 is 43.4. The lowest BCUT2D eigenvalue weighted by molar-refractivity contribution is -0.149. The monoisotopic (exact) mass is 539 g/mol. The molecule has 1 atom stereocenters. The van der Waals surface area contributed by atoms with E-state index in [1.165, 1.54) is 23.1 Å². The summed E-state index contributed by atoms with van der Waals surface area (Å²) in [5, 5.41) is 9.99. The van der Waals surface area contributed by atoms with E-state index in [9.17, 15) is 32.7 Å². The van der Waals surface area contributed by atoms with Crippen LogP contribution >= 0.6 is 0 Å². The Morgan fingerprint density at radius 3 is 2.23 bits per heavy atom. The van der Waals surface area contributed by atoms with Crippen LogP contribution in [0.2, 0.25) is 0 Å². The molecular formula is C28H24F3N3O5. The molecule has 2 amide bonds. The maximum Gasteiger partial charge on any atom is 0.416 e. The predicted octanol–water partition coefficient (Wildman–Crippen LogP) is 4.71. The van der Waals surface area contributed by atoms with Crippen LogP contribution in [-0.4, -0.2) is 63.6 Å². The molecule has 0 spiro atoms. The van der Waals surface area contributed by atoms with Crippen LogP contribution in [0, 0.1) is 0 Å².